The second-order valence-electron chi connectivity index (χ2n) is 4.43. The van der Waals surface area contributed by atoms with Crippen molar-refractivity contribution in [3.05, 3.63) is 64.4 Å². The largest absolute Gasteiger partial charge is 0.338 e. The molecule has 1 aromatic heterocycles. The molecular weight excluding hydrogens is 333 g/mol. The number of fused-ring (bicyclic) bond motifs is 1. The normalized spacial score (nSPS) is 10.3. The van der Waals surface area contributed by atoms with Crippen LogP contribution in [0.2, 0.25) is 0 Å². The third kappa shape index (κ3) is 2.71. The Morgan fingerprint density at radius 1 is 1.14 bits per heavy atom. The Kier molecular flexibility index (Phi) is 3.55. The predicted octanol–water partition coefficient (Wildman–Crippen LogP) is 4.75. The van der Waals surface area contributed by atoms with Crippen molar-refractivity contribution >= 4 is 38.3 Å². The van der Waals surface area contributed by atoms with Gasteiger partial charge in [0.15, 0.2) is 0 Å². The van der Waals surface area contributed by atoms with Crippen LogP contribution in [0.1, 0.15) is 5.56 Å². The van der Waals surface area contributed by atoms with Gasteiger partial charge in [-0.3, -0.25) is 0 Å². The molecule has 2 aromatic carbocycles. The molecule has 0 aliphatic rings. The van der Waals surface area contributed by atoms with E-state index in [2.05, 4.69) is 32.3 Å². The SMILES string of the molecule is N#Cc1cc(Nc2cc(Br)ccc2F)nc2ccccc12. The Bertz CT molecular complexity index is 871. The molecule has 102 valence electrons. The Morgan fingerprint density at radius 3 is 2.76 bits per heavy atom. The summed E-state index contributed by atoms with van der Waals surface area (Å²) in [5, 5.41) is 12.9. The number of hydrogen-bond donors (Lipinski definition) is 1. The van der Waals surface area contributed by atoms with Gasteiger partial charge in [-0.1, -0.05) is 34.1 Å². The summed E-state index contributed by atoms with van der Waals surface area (Å²) >= 11 is 3.30. The standard InChI is InChI=1S/C16H9BrFN3/c17-11-5-6-13(18)15(8-11)21-16-7-10(9-19)12-3-1-2-4-14(12)20-16/h1-8H,(H,20,21). The van der Waals surface area contributed by atoms with E-state index in [-0.39, 0.29) is 5.82 Å². The fourth-order valence-electron chi connectivity index (χ4n) is 2.06. The average Bonchev–Trinajstić information content (AvgIpc) is 2.50. The number of rotatable bonds is 2. The summed E-state index contributed by atoms with van der Waals surface area (Å²) in [6.45, 7) is 0. The molecule has 1 heterocycles. The van der Waals surface area contributed by atoms with E-state index in [1.165, 1.54) is 6.07 Å². The van der Waals surface area contributed by atoms with E-state index in [1.807, 2.05) is 24.3 Å². The van der Waals surface area contributed by atoms with Gasteiger partial charge in [-0.25, -0.2) is 9.37 Å². The van der Waals surface area contributed by atoms with Crippen molar-refractivity contribution in [1.82, 2.24) is 4.98 Å². The lowest BCUT2D eigenvalue weighted by Gasteiger charge is -2.09. The Balaban J connectivity index is 2.09. The number of para-hydroxylation sites is 1. The zero-order valence-corrected chi connectivity index (χ0v) is 12.4. The third-order valence-corrected chi connectivity index (χ3v) is 3.52. The van der Waals surface area contributed by atoms with Crippen LogP contribution in [0.25, 0.3) is 10.9 Å². The lowest BCUT2D eigenvalue weighted by Crippen LogP contribution is -1.98. The highest BCUT2D eigenvalue weighted by molar-refractivity contribution is 9.10. The van der Waals surface area contributed by atoms with Gasteiger partial charge in [0.25, 0.3) is 0 Å². The molecule has 5 heteroatoms. The summed E-state index contributed by atoms with van der Waals surface area (Å²) in [6, 6.07) is 15.7. The van der Waals surface area contributed by atoms with E-state index in [1.54, 1.807) is 18.2 Å². The van der Waals surface area contributed by atoms with E-state index in [4.69, 9.17) is 0 Å². The zero-order valence-electron chi connectivity index (χ0n) is 10.8. The second-order valence-corrected chi connectivity index (χ2v) is 5.35. The molecule has 0 spiro atoms. The van der Waals surface area contributed by atoms with Crippen molar-refractivity contribution in [1.29, 1.82) is 5.26 Å². The smallest absolute Gasteiger partial charge is 0.146 e. The van der Waals surface area contributed by atoms with Gasteiger partial charge < -0.3 is 5.32 Å². The van der Waals surface area contributed by atoms with E-state index >= 15 is 0 Å². The molecule has 0 atom stereocenters. The fraction of sp³-hybridized carbons (Fsp3) is 0. The number of nitrogens with one attached hydrogen (secondary N) is 1. The number of hydrogen-bond acceptors (Lipinski definition) is 3. The van der Waals surface area contributed by atoms with Crippen molar-refractivity contribution in [2.75, 3.05) is 5.32 Å². The van der Waals surface area contributed by atoms with Crippen molar-refractivity contribution < 1.29 is 4.39 Å². The number of pyridine rings is 1. The summed E-state index contributed by atoms with van der Waals surface area (Å²) in [4.78, 5) is 4.41. The van der Waals surface area contributed by atoms with Crippen molar-refractivity contribution in [3.8, 4) is 6.07 Å². The van der Waals surface area contributed by atoms with Gasteiger partial charge in [0.05, 0.1) is 22.8 Å². The van der Waals surface area contributed by atoms with Crippen LogP contribution >= 0.6 is 15.9 Å². The van der Waals surface area contributed by atoms with Gasteiger partial charge >= 0.3 is 0 Å². The topological polar surface area (TPSA) is 48.7 Å². The quantitative estimate of drug-likeness (QED) is 0.731. The van der Waals surface area contributed by atoms with Crippen LogP contribution in [0.5, 0.6) is 0 Å². The molecule has 0 radical (unpaired) electrons. The molecule has 0 unspecified atom stereocenters. The molecule has 0 aliphatic heterocycles. The van der Waals surface area contributed by atoms with Crippen molar-refractivity contribution in [3.63, 3.8) is 0 Å². The highest BCUT2D eigenvalue weighted by Crippen LogP contribution is 2.26. The summed E-state index contributed by atoms with van der Waals surface area (Å²) < 4.78 is 14.5. The van der Waals surface area contributed by atoms with Crippen LogP contribution in [-0.2, 0) is 0 Å². The first kappa shape index (κ1) is 13.5. The van der Waals surface area contributed by atoms with Gasteiger partial charge in [0.2, 0.25) is 0 Å². The maximum Gasteiger partial charge on any atom is 0.146 e. The van der Waals surface area contributed by atoms with Gasteiger partial charge in [0, 0.05) is 9.86 Å². The van der Waals surface area contributed by atoms with Crippen LogP contribution in [0.3, 0.4) is 0 Å². The molecule has 3 nitrogen and oxygen atoms in total. The maximum absolute atomic E-state index is 13.8. The summed E-state index contributed by atoms with van der Waals surface area (Å²) in [5.41, 5.74) is 1.49. The fourth-order valence-corrected chi connectivity index (χ4v) is 2.42. The van der Waals surface area contributed by atoms with Gasteiger partial charge in [-0.05, 0) is 30.3 Å². The van der Waals surface area contributed by atoms with Crippen LogP contribution < -0.4 is 5.32 Å². The molecule has 1 N–H and O–H groups in total. The van der Waals surface area contributed by atoms with Gasteiger partial charge in [-0.15, -0.1) is 0 Å². The average molecular weight is 342 g/mol. The van der Waals surface area contributed by atoms with Crippen LogP contribution in [0.4, 0.5) is 15.9 Å². The van der Waals surface area contributed by atoms with Gasteiger partial charge in [0.1, 0.15) is 11.6 Å². The first-order valence-corrected chi connectivity index (χ1v) is 6.98. The number of anilines is 2. The molecule has 0 bridgehead atoms. The van der Waals surface area contributed by atoms with Crippen molar-refractivity contribution in [2.45, 2.75) is 0 Å². The molecule has 0 aliphatic carbocycles. The van der Waals surface area contributed by atoms with E-state index in [0.717, 1.165) is 9.86 Å². The molecule has 0 saturated carbocycles. The van der Waals surface area contributed by atoms with E-state index < -0.39 is 0 Å². The van der Waals surface area contributed by atoms with Crippen LogP contribution in [-0.4, -0.2) is 4.98 Å². The number of benzene rings is 2. The molecule has 3 rings (SSSR count). The lowest BCUT2D eigenvalue weighted by atomic mass is 10.1. The first-order valence-electron chi connectivity index (χ1n) is 6.19. The molecule has 0 saturated heterocycles. The number of aromatic nitrogens is 1. The lowest BCUT2D eigenvalue weighted by molar-refractivity contribution is 0.631. The minimum Gasteiger partial charge on any atom is -0.338 e. The number of nitriles is 1. The van der Waals surface area contributed by atoms with Crippen LogP contribution in [0, 0.1) is 17.1 Å². The predicted molar refractivity (Wildman–Crippen MR) is 83.8 cm³/mol. The minimum atomic E-state index is -0.383. The molecule has 0 amide bonds. The molecule has 21 heavy (non-hydrogen) atoms. The number of halogens is 2. The second kappa shape index (κ2) is 5.51. The maximum atomic E-state index is 13.8. The zero-order chi connectivity index (χ0) is 14.8. The van der Waals surface area contributed by atoms with Crippen LogP contribution in [0.15, 0.2) is 53.0 Å². The summed E-state index contributed by atoms with van der Waals surface area (Å²) in [6.07, 6.45) is 0. The highest BCUT2D eigenvalue weighted by atomic mass is 79.9. The Hall–Kier alpha value is -2.45. The number of nitrogens with zero attached hydrogens (tertiary/aromatic N) is 2. The van der Waals surface area contributed by atoms with Crippen molar-refractivity contribution in [2.24, 2.45) is 0 Å². The first-order chi connectivity index (χ1) is 10.2. The minimum absolute atomic E-state index is 0.302. The highest BCUT2D eigenvalue weighted by Gasteiger charge is 2.08. The molecular formula is C16H9BrFN3. The Morgan fingerprint density at radius 2 is 1.95 bits per heavy atom. The third-order valence-electron chi connectivity index (χ3n) is 3.03. The Labute approximate surface area is 129 Å². The summed E-state index contributed by atoms with van der Waals surface area (Å²) in [7, 11) is 0. The van der Waals surface area contributed by atoms with E-state index in [0.29, 0.717) is 22.6 Å². The van der Waals surface area contributed by atoms with Gasteiger partial charge in [-0.2, -0.15) is 5.26 Å². The molecule has 3 aromatic rings. The van der Waals surface area contributed by atoms with E-state index in [9.17, 15) is 9.65 Å². The monoisotopic (exact) mass is 341 g/mol. The molecule has 0 fully saturated rings. The summed E-state index contributed by atoms with van der Waals surface area (Å²) in [5.74, 6) is 0.0499.